The number of nitrogens with one attached hydrogen (secondary N) is 1. The van der Waals surface area contributed by atoms with Crippen molar-refractivity contribution in [2.45, 2.75) is 22.8 Å². The number of ether oxygens (including phenoxy) is 1. The first-order valence-corrected chi connectivity index (χ1v) is 14.9. The van der Waals surface area contributed by atoms with Crippen molar-refractivity contribution in [1.82, 2.24) is 14.0 Å². The first-order valence-electron chi connectivity index (χ1n) is 12.1. The molecule has 0 saturated carbocycles. The van der Waals surface area contributed by atoms with Crippen LogP contribution in [0.1, 0.15) is 12.5 Å². The summed E-state index contributed by atoms with van der Waals surface area (Å²) >= 11 is 0. The lowest BCUT2D eigenvalue weighted by atomic mass is 10.2. The first kappa shape index (κ1) is 28.2. The molecule has 1 aliphatic rings. The highest BCUT2D eigenvalue weighted by Gasteiger charge is 2.43. The van der Waals surface area contributed by atoms with Gasteiger partial charge in [0.15, 0.2) is 11.5 Å². The van der Waals surface area contributed by atoms with E-state index >= 15 is 0 Å². The maximum absolute atomic E-state index is 13.5. The third kappa shape index (κ3) is 6.28. The zero-order valence-electron chi connectivity index (χ0n) is 21.0. The van der Waals surface area contributed by atoms with Crippen LogP contribution in [0.4, 0.5) is 0 Å². The second kappa shape index (κ2) is 11.9. The van der Waals surface area contributed by atoms with Crippen LogP contribution in [-0.4, -0.2) is 75.0 Å². The monoisotopic (exact) mass is 572 g/mol. The van der Waals surface area contributed by atoms with Gasteiger partial charge in [-0.25, -0.2) is 22.3 Å². The number of aromatic hydroxyl groups is 1. The number of nitrogens with zero attached hydrogens (tertiary/aromatic N) is 3. The molecule has 1 aliphatic heterocycles. The molecule has 2 N–H and O–H groups in total. The van der Waals surface area contributed by atoms with Crippen molar-refractivity contribution in [1.29, 1.82) is 0 Å². The van der Waals surface area contributed by atoms with E-state index < -0.39 is 38.5 Å². The fourth-order valence-electron chi connectivity index (χ4n) is 4.06. The Kier molecular flexibility index (Phi) is 8.65. The number of phenolic OH excluding ortho intramolecular Hbond substituents is 1. The van der Waals surface area contributed by atoms with Crippen LogP contribution >= 0.6 is 0 Å². The van der Waals surface area contributed by atoms with Crippen molar-refractivity contribution in [2.75, 3.05) is 26.2 Å². The van der Waals surface area contributed by atoms with Gasteiger partial charge in [0.2, 0.25) is 20.0 Å². The van der Waals surface area contributed by atoms with Gasteiger partial charge >= 0.3 is 0 Å². The van der Waals surface area contributed by atoms with E-state index in [-0.39, 0.29) is 34.4 Å². The number of hydrazone groups is 1. The van der Waals surface area contributed by atoms with E-state index in [4.69, 9.17) is 4.74 Å². The van der Waals surface area contributed by atoms with Gasteiger partial charge in [-0.1, -0.05) is 36.4 Å². The molecule has 1 fully saturated rings. The molecule has 0 radical (unpaired) electrons. The van der Waals surface area contributed by atoms with Gasteiger partial charge in [0.1, 0.15) is 6.04 Å². The van der Waals surface area contributed by atoms with Crippen LogP contribution in [-0.2, 0) is 24.8 Å². The average Bonchev–Trinajstić information content (AvgIpc) is 2.95. The SMILES string of the molecule is CCOc1cc(/C=N\NC(=O)[C@@H]2CN(S(=O)(=O)c3ccccc3)CCN2S(=O)(=O)c2ccccc2)ccc1O. The molecule has 206 valence electrons. The van der Waals surface area contributed by atoms with Crippen molar-refractivity contribution < 1.29 is 31.5 Å². The fourth-order valence-corrected chi connectivity index (χ4v) is 7.11. The van der Waals surface area contributed by atoms with Gasteiger partial charge in [-0.05, 0) is 55.0 Å². The highest BCUT2D eigenvalue weighted by atomic mass is 32.2. The van der Waals surface area contributed by atoms with Crippen molar-refractivity contribution in [3.63, 3.8) is 0 Å². The Morgan fingerprint density at radius 3 is 2.21 bits per heavy atom. The topological polar surface area (TPSA) is 146 Å². The van der Waals surface area contributed by atoms with E-state index in [0.29, 0.717) is 12.2 Å². The molecule has 1 atom stereocenters. The molecule has 3 aromatic rings. The maximum Gasteiger partial charge on any atom is 0.259 e. The molecule has 1 saturated heterocycles. The van der Waals surface area contributed by atoms with Crippen LogP contribution in [0.2, 0.25) is 0 Å². The van der Waals surface area contributed by atoms with Crippen molar-refractivity contribution in [3.05, 3.63) is 84.4 Å². The molecule has 0 spiro atoms. The lowest BCUT2D eigenvalue weighted by Gasteiger charge is -2.38. The van der Waals surface area contributed by atoms with Crippen molar-refractivity contribution >= 4 is 32.2 Å². The van der Waals surface area contributed by atoms with Crippen molar-refractivity contribution in [2.24, 2.45) is 5.10 Å². The predicted octanol–water partition coefficient (Wildman–Crippen LogP) is 2.00. The zero-order chi connectivity index (χ0) is 28.0. The Bertz CT molecular complexity index is 1550. The summed E-state index contributed by atoms with van der Waals surface area (Å²) in [7, 11) is -8.11. The standard InChI is InChI=1S/C26H28N4O7S2/c1-2-37-25-17-20(13-14-24(25)31)18-27-28-26(32)23-19-29(38(33,34)21-9-5-3-6-10-21)15-16-30(23)39(35,36)22-11-7-4-8-12-22/h3-14,17-18,23,31H,2,15-16,19H2,1H3,(H,28,32)/b27-18-/t23-/m0/s1. The third-order valence-electron chi connectivity index (χ3n) is 6.00. The number of rotatable bonds is 9. The molecule has 1 amide bonds. The van der Waals surface area contributed by atoms with Gasteiger partial charge in [0.05, 0.1) is 22.6 Å². The minimum atomic E-state index is -4.13. The van der Waals surface area contributed by atoms with E-state index in [1.165, 1.54) is 42.6 Å². The summed E-state index contributed by atoms with van der Waals surface area (Å²) in [5.74, 6) is -0.619. The summed E-state index contributed by atoms with van der Waals surface area (Å²) in [5.41, 5.74) is 2.83. The first-order chi connectivity index (χ1) is 18.6. The summed E-state index contributed by atoms with van der Waals surface area (Å²) in [5, 5.41) is 13.8. The normalized spacial score (nSPS) is 17.2. The van der Waals surface area contributed by atoms with Gasteiger partial charge in [-0.15, -0.1) is 0 Å². The highest BCUT2D eigenvalue weighted by Crippen LogP contribution is 2.27. The average molecular weight is 573 g/mol. The van der Waals surface area contributed by atoms with E-state index in [1.807, 2.05) is 0 Å². The summed E-state index contributed by atoms with van der Waals surface area (Å²) in [6.45, 7) is 1.32. The number of carbonyl (C=O) groups is 1. The minimum Gasteiger partial charge on any atom is -0.504 e. The summed E-state index contributed by atoms with van der Waals surface area (Å²) < 4.78 is 60.9. The lowest BCUT2D eigenvalue weighted by molar-refractivity contribution is -0.125. The molecule has 0 bridgehead atoms. The van der Waals surface area contributed by atoms with Crippen LogP contribution in [0.3, 0.4) is 0 Å². The summed E-state index contributed by atoms with van der Waals surface area (Å²) in [6, 6.07) is 18.5. The van der Waals surface area contributed by atoms with Gasteiger partial charge in [0.25, 0.3) is 5.91 Å². The number of piperazine rings is 1. The molecule has 39 heavy (non-hydrogen) atoms. The zero-order valence-corrected chi connectivity index (χ0v) is 22.7. The van der Waals surface area contributed by atoms with Gasteiger partial charge in [0, 0.05) is 19.6 Å². The third-order valence-corrected chi connectivity index (χ3v) is 9.80. The lowest BCUT2D eigenvalue weighted by Crippen LogP contribution is -2.60. The second-order valence-corrected chi connectivity index (χ2v) is 12.3. The number of hydrogen-bond donors (Lipinski definition) is 2. The number of benzene rings is 3. The predicted molar refractivity (Wildman–Crippen MR) is 144 cm³/mol. The van der Waals surface area contributed by atoms with Crippen LogP contribution in [0, 0.1) is 0 Å². The van der Waals surface area contributed by atoms with Crippen LogP contribution in [0.5, 0.6) is 11.5 Å². The van der Waals surface area contributed by atoms with Crippen molar-refractivity contribution in [3.8, 4) is 11.5 Å². The van der Waals surface area contributed by atoms with Gasteiger partial charge < -0.3 is 9.84 Å². The highest BCUT2D eigenvalue weighted by molar-refractivity contribution is 7.89. The van der Waals surface area contributed by atoms with Crippen LogP contribution < -0.4 is 10.2 Å². The van der Waals surface area contributed by atoms with E-state index in [1.54, 1.807) is 49.4 Å². The Morgan fingerprint density at radius 1 is 0.974 bits per heavy atom. The molecule has 0 unspecified atom stereocenters. The molecular weight excluding hydrogens is 544 g/mol. The Balaban J connectivity index is 1.61. The molecule has 13 heteroatoms. The number of carbonyl (C=O) groups excluding carboxylic acids is 1. The Morgan fingerprint density at radius 2 is 1.59 bits per heavy atom. The van der Waals surface area contributed by atoms with Crippen LogP contribution in [0.25, 0.3) is 0 Å². The Labute approximate surface area is 227 Å². The smallest absolute Gasteiger partial charge is 0.259 e. The number of amides is 1. The van der Waals surface area contributed by atoms with Gasteiger partial charge in [-0.2, -0.15) is 13.7 Å². The number of phenols is 1. The van der Waals surface area contributed by atoms with Crippen LogP contribution in [0.15, 0.2) is 93.8 Å². The molecule has 1 heterocycles. The van der Waals surface area contributed by atoms with E-state index in [9.17, 15) is 26.7 Å². The fraction of sp³-hybridized carbons (Fsp3) is 0.231. The van der Waals surface area contributed by atoms with E-state index in [2.05, 4.69) is 10.5 Å². The number of hydrogen-bond acceptors (Lipinski definition) is 8. The van der Waals surface area contributed by atoms with E-state index in [0.717, 1.165) is 8.61 Å². The molecule has 11 nitrogen and oxygen atoms in total. The molecule has 0 aliphatic carbocycles. The number of sulfonamides is 2. The molecule has 4 rings (SSSR count). The molecule has 0 aromatic heterocycles. The maximum atomic E-state index is 13.5. The molecular formula is C26H28N4O7S2. The quantitative estimate of drug-likeness (QED) is 0.295. The molecule has 3 aromatic carbocycles. The van der Waals surface area contributed by atoms with Gasteiger partial charge in [-0.3, -0.25) is 4.79 Å². The summed E-state index contributed by atoms with van der Waals surface area (Å²) in [6.07, 6.45) is 1.30. The minimum absolute atomic E-state index is 0.0155. The summed E-state index contributed by atoms with van der Waals surface area (Å²) in [4.78, 5) is 13.3. The Hall–Kier alpha value is -3.78. The second-order valence-electron chi connectivity index (χ2n) is 8.52. The largest absolute Gasteiger partial charge is 0.504 e.